The highest BCUT2D eigenvalue weighted by molar-refractivity contribution is 5.40. The van der Waals surface area contributed by atoms with Crippen molar-refractivity contribution in [2.24, 2.45) is 5.92 Å². The van der Waals surface area contributed by atoms with Crippen molar-refractivity contribution in [1.29, 1.82) is 0 Å². The zero-order valence-electron chi connectivity index (χ0n) is 13.2. The number of ether oxygens (including phenoxy) is 2. The van der Waals surface area contributed by atoms with Gasteiger partial charge in [-0.2, -0.15) is 0 Å². The zero-order valence-corrected chi connectivity index (χ0v) is 13.2. The molecule has 1 fully saturated rings. The fraction of sp³-hybridized carbons (Fsp3) is 0.647. The van der Waals surface area contributed by atoms with Gasteiger partial charge in [-0.15, -0.1) is 0 Å². The summed E-state index contributed by atoms with van der Waals surface area (Å²) in [6, 6.07) is 6.06. The molecule has 1 aromatic rings. The van der Waals surface area contributed by atoms with Crippen molar-refractivity contribution in [1.82, 2.24) is 5.32 Å². The van der Waals surface area contributed by atoms with E-state index >= 15 is 0 Å². The third-order valence-corrected chi connectivity index (χ3v) is 3.78. The van der Waals surface area contributed by atoms with Crippen LogP contribution in [0, 0.1) is 5.92 Å². The van der Waals surface area contributed by atoms with Gasteiger partial charge in [-0.1, -0.05) is 6.42 Å². The van der Waals surface area contributed by atoms with Gasteiger partial charge >= 0.3 is 0 Å². The van der Waals surface area contributed by atoms with Crippen LogP contribution < -0.4 is 14.8 Å². The van der Waals surface area contributed by atoms with E-state index in [0.29, 0.717) is 0 Å². The molecular formula is C17H27NO2. The van der Waals surface area contributed by atoms with Crippen molar-refractivity contribution < 1.29 is 9.47 Å². The Morgan fingerprint density at radius 2 is 2.00 bits per heavy atom. The van der Waals surface area contributed by atoms with Crippen molar-refractivity contribution in [3.63, 3.8) is 0 Å². The second-order valence-electron chi connectivity index (χ2n) is 6.69. The minimum atomic E-state index is 0.0916. The second kappa shape index (κ2) is 6.49. The first kappa shape index (κ1) is 15.2. The van der Waals surface area contributed by atoms with E-state index in [1.165, 1.54) is 24.8 Å². The Kier molecular flexibility index (Phi) is 4.92. The van der Waals surface area contributed by atoms with Crippen LogP contribution in [0.25, 0.3) is 0 Å². The SMILES string of the molecule is COc1ccc(OCC2CCC2)c(CNC(C)(C)C)c1. The van der Waals surface area contributed by atoms with E-state index in [0.717, 1.165) is 30.6 Å². The maximum atomic E-state index is 6.01. The third-order valence-electron chi connectivity index (χ3n) is 3.78. The van der Waals surface area contributed by atoms with Gasteiger partial charge in [0.05, 0.1) is 13.7 Å². The standard InChI is InChI=1S/C17H27NO2/c1-17(2,3)18-11-14-10-15(19-4)8-9-16(14)20-12-13-6-5-7-13/h8-10,13,18H,5-7,11-12H2,1-4H3. The number of rotatable bonds is 6. The largest absolute Gasteiger partial charge is 0.497 e. The summed E-state index contributed by atoms with van der Waals surface area (Å²) in [5, 5.41) is 3.51. The lowest BCUT2D eigenvalue weighted by molar-refractivity contribution is 0.179. The summed E-state index contributed by atoms with van der Waals surface area (Å²) in [7, 11) is 1.70. The summed E-state index contributed by atoms with van der Waals surface area (Å²) < 4.78 is 11.3. The van der Waals surface area contributed by atoms with Crippen LogP contribution in [0.4, 0.5) is 0 Å². The quantitative estimate of drug-likeness (QED) is 0.858. The maximum absolute atomic E-state index is 6.01. The summed E-state index contributed by atoms with van der Waals surface area (Å²) in [6.45, 7) is 8.14. The first-order valence-electron chi connectivity index (χ1n) is 7.53. The van der Waals surface area contributed by atoms with E-state index in [1.807, 2.05) is 12.1 Å². The Morgan fingerprint density at radius 1 is 1.25 bits per heavy atom. The molecule has 1 N–H and O–H groups in total. The van der Waals surface area contributed by atoms with Gasteiger partial charge in [-0.25, -0.2) is 0 Å². The number of hydrogen-bond acceptors (Lipinski definition) is 3. The van der Waals surface area contributed by atoms with E-state index in [4.69, 9.17) is 9.47 Å². The first-order chi connectivity index (χ1) is 9.48. The zero-order chi connectivity index (χ0) is 14.6. The molecule has 0 unspecified atom stereocenters. The molecule has 0 bridgehead atoms. The van der Waals surface area contributed by atoms with Gasteiger partial charge < -0.3 is 14.8 Å². The van der Waals surface area contributed by atoms with Crippen LogP contribution in [0.3, 0.4) is 0 Å². The molecule has 0 saturated heterocycles. The molecule has 0 radical (unpaired) electrons. The number of nitrogens with one attached hydrogen (secondary N) is 1. The summed E-state index contributed by atoms with van der Waals surface area (Å²) in [5.41, 5.74) is 1.26. The molecule has 0 heterocycles. The molecule has 0 atom stereocenters. The van der Waals surface area contributed by atoms with E-state index in [-0.39, 0.29) is 5.54 Å². The Morgan fingerprint density at radius 3 is 2.55 bits per heavy atom. The molecule has 1 aliphatic rings. The van der Waals surface area contributed by atoms with Gasteiger partial charge in [0.1, 0.15) is 11.5 Å². The molecule has 1 aromatic carbocycles. The van der Waals surface area contributed by atoms with Crippen molar-refractivity contribution >= 4 is 0 Å². The average molecular weight is 277 g/mol. The molecule has 0 spiro atoms. The highest BCUT2D eigenvalue weighted by Gasteiger charge is 2.19. The fourth-order valence-corrected chi connectivity index (χ4v) is 2.19. The summed E-state index contributed by atoms with van der Waals surface area (Å²) >= 11 is 0. The van der Waals surface area contributed by atoms with Crippen molar-refractivity contribution in [3.05, 3.63) is 23.8 Å². The monoisotopic (exact) mass is 277 g/mol. The predicted octanol–water partition coefficient (Wildman–Crippen LogP) is 3.76. The molecule has 1 saturated carbocycles. The molecule has 0 amide bonds. The third kappa shape index (κ3) is 4.41. The lowest BCUT2D eigenvalue weighted by Gasteiger charge is -2.26. The fourth-order valence-electron chi connectivity index (χ4n) is 2.19. The minimum absolute atomic E-state index is 0.0916. The van der Waals surface area contributed by atoms with Crippen LogP contribution in [0.15, 0.2) is 18.2 Å². The smallest absolute Gasteiger partial charge is 0.124 e. The first-order valence-corrected chi connectivity index (χ1v) is 7.53. The second-order valence-corrected chi connectivity index (χ2v) is 6.69. The van der Waals surface area contributed by atoms with E-state index in [2.05, 4.69) is 32.2 Å². The highest BCUT2D eigenvalue weighted by Crippen LogP contribution is 2.29. The summed E-state index contributed by atoms with van der Waals surface area (Å²) in [6.07, 6.45) is 3.98. The van der Waals surface area contributed by atoms with Crippen LogP contribution in [0.5, 0.6) is 11.5 Å². The molecule has 3 heteroatoms. The van der Waals surface area contributed by atoms with Gasteiger partial charge in [-0.05, 0) is 57.7 Å². The van der Waals surface area contributed by atoms with Crippen molar-refractivity contribution in [2.75, 3.05) is 13.7 Å². The summed E-state index contributed by atoms with van der Waals surface area (Å²) in [4.78, 5) is 0. The van der Waals surface area contributed by atoms with Crippen LogP contribution in [0.2, 0.25) is 0 Å². The number of benzene rings is 1. The molecule has 0 aromatic heterocycles. The topological polar surface area (TPSA) is 30.5 Å². The van der Waals surface area contributed by atoms with E-state index < -0.39 is 0 Å². The van der Waals surface area contributed by atoms with Crippen molar-refractivity contribution in [3.8, 4) is 11.5 Å². The maximum Gasteiger partial charge on any atom is 0.124 e. The highest BCUT2D eigenvalue weighted by atomic mass is 16.5. The average Bonchev–Trinajstić information content (AvgIpc) is 2.34. The Labute approximate surface area is 122 Å². The Hall–Kier alpha value is -1.22. The Balaban J connectivity index is 2.03. The normalized spacial score (nSPS) is 15.8. The van der Waals surface area contributed by atoms with Crippen LogP contribution in [0.1, 0.15) is 45.6 Å². The Bertz CT molecular complexity index is 433. The molecular weight excluding hydrogens is 250 g/mol. The van der Waals surface area contributed by atoms with Gasteiger partial charge in [0.25, 0.3) is 0 Å². The van der Waals surface area contributed by atoms with Gasteiger partial charge in [0, 0.05) is 17.6 Å². The van der Waals surface area contributed by atoms with E-state index in [1.54, 1.807) is 7.11 Å². The van der Waals surface area contributed by atoms with Crippen LogP contribution in [-0.2, 0) is 6.54 Å². The van der Waals surface area contributed by atoms with Crippen LogP contribution in [-0.4, -0.2) is 19.3 Å². The van der Waals surface area contributed by atoms with Gasteiger partial charge in [0.15, 0.2) is 0 Å². The van der Waals surface area contributed by atoms with Gasteiger partial charge in [0.2, 0.25) is 0 Å². The molecule has 1 aliphatic carbocycles. The van der Waals surface area contributed by atoms with Gasteiger partial charge in [-0.3, -0.25) is 0 Å². The lowest BCUT2D eigenvalue weighted by atomic mass is 9.86. The minimum Gasteiger partial charge on any atom is -0.497 e. The molecule has 20 heavy (non-hydrogen) atoms. The van der Waals surface area contributed by atoms with Crippen molar-refractivity contribution in [2.45, 2.75) is 52.1 Å². The lowest BCUT2D eigenvalue weighted by Crippen LogP contribution is -2.35. The van der Waals surface area contributed by atoms with E-state index in [9.17, 15) is 0 Å². The molecule has 112 valence electrons. The molecule has 2 rings (SSSR count). The number of hydrogen-bond donors (Lipinski definition) is 1. The number of methoxy groups -OCH3 is 1. The summed E-state index contributed by atoms with van der Waals surface area (Å²) in [5.74, 6) is 2.61. The molecule has 3 nitrogen and oxygen atoms in total. The molecule has 0 aliphatic heterocycles. The van der Waals surface area contributed by atoms with Crippen LogP contribution >= 0.6 is 0 Å². The predicted molar refractivity (Wildman–Crippen MR) is 82.4 cm³/mol.